The van der Waals surface area contributed by atoms with Gasteiger partial charge in [-0.3, -0.25) is 4.98 Å². The van der Waals surface area contributed by atoms with Crippen LogP contribution in [0.2, 0.25) is 5.02 Å². The number of alkyl carbamates (subject to hydrolysis) is 1. The second kappa shape index (κ2) is 7.59. The minimum Gasteiger partial charge on any atom is -0.444 e. The van der Waals surface area contributed by atoms with E-state index in [1.54, 1.807) is 20.8 Å². The maximum absolute atomic E-state index is 11.4. The maximum atomic E-state index is 11.4. The molecule has 0 aromatic carbocycles. The third-order valence-electron chi connectivity index (χ3n) is 2.60. The van der Waals surface area contributed by atoms with E-state index in [0.29, 0.717) is 5.56 Å². The third-order valence-corrected chi connectivity index (χ3v) is 2.91. The molecule has 21 heavy (non-hydrogen) atoms. The fourth-order valence-electron chi connectivity index (χ4n) is 1.63. The number of hydrogen-bond acceptors (Lipinski definition) is 5. The SMILES string of the molecule is CC(C)(C)OC(=O)NCCC(O)C(O)c1ccncc1Cl. The molecule has 1 rings (SSSR count). The number of halogens is 1. The van der Waals surface area contributed by atoms with Crippen molar-refractivity contribution in [3.05, 3.63) is 29.0 Å². The number of hydrogen-bond donors (Lipinski definition) is 3. The Bertz CT molecular complexity index is 476. The summed E-state index contributed by atoms with van der Waals surface area (Å²) >= 11 is 5.90. The first-order chi connectivity index (χ1) is 9.70. The van der Waals surface area contributed by atoms with Gasteiger partial charge in [-0.1, -0.05) is 11.6 Å². The Morgan fingerprint density at radius 1 is 1.48 bits per heavy atom. The zero-order valence-corrected chi connectivity index (χ0v) is 13.1. The largest absolute Gasteiger partial charge is 0.444 e. The number of pyridine rings is 1. The average molecular weight is 317 g/mol. The number of nitrogens with one attached hydrogen (secondary N) is 1. The highest BCUT2D eigenvalue weighted by atomic mass is 35.5. The highest BCUT2D eigenvalue weighted by Gasteiger charge is 2.21. The normalized spacial score (nSPS) is 14.4. The number of ether oxygens (including phenoxy) is 1. The molecule has 0 saturated heterocycles. The van der Waals surface area contributed by atoms with E-state index in [9.17, 15) is 15.0 Å². The van der Waals surface area contributed by atoms with E-state index in [2.05, 4.69) is 10.3 Å². The van der Waals surface area contributed by atoms with Gasteiger partial charge < -0.3 is 20.3 Å². The molecular weight excluding hydrogens is 296 g/mol. The molecule has 1 amide bonds. The molecule has 6 nitrogen and oxygen atoms in total. The van der Waals surface area contributed by atoms with Crippen molar-refractivity contribution in [3.63, 3.8) is 0 Å². The van der Waals surface area contributed by atoms with Gasteiger partial charge in [0.25, 0.3) is 0 Å². The van der Waals surface area contributed by atoms with Gasteiger partial charge in [-0.05, 0) is 33.3 Å². The summed E-state index contributed by atoms with van der Waals surface area (Å²) in [4.78, 5) is 15.2. The van der Waals surface area contributed by atoms with Crippen molar-refractivity contribution in [1.82, 2.24) is 10.3 Å². The lowest BCUT2D eigenvalue weighted by molar-refractivity contribution is 0.0123. The Kier molecular flexibility index (Phi) is 6.39. The monoisotopic (exact) mass is 316 g/mol. The Labute approximate surface area is 129 Å². The van der Waals surface area contributed by atoms with Crippen molar-refractivity contribution < 1.29 is 19.7 Å². The van der Waals surface area contributed by atoms with Gasteiger partial charge in [0.05, 0.1) is 11.1 Å². The van der Waals surface area contributed by atoms with Gasteiger partial charge in [0.15, 0.2) is 0 Å². The lowest BCUT2D eigenvalue weighted by Gasteiger charge is -2.21. The van der Waals surface area contributed by atoms with Gasteiger partial charge >= 0.3 is 6.09 Å². The highest BCUT2D eigenvalue weighted by Crippen LogP contribution is 2.25. The van der Waals surface area contributed by atoms with Gasteiger partial charge in [0.1, 0.15) is 11.7 Å². The van der Waals surface area contributed by atoms with Crippen LogP contribution in [-0.4, -0.2) is 39.5 Å². The first-order valence-corrected chi connectivity index (χ1v) is 7.01. The minimum atomic E-state index is -1.14. The molecule has 0 saturated carbocycles. The van der Waals surface area contributed by atoms with Crippen LogP contribution in [0.25, 0.3) is 0 Å². The van der Waals surface area contributed by atoms with E-state index < -0.39 is 23.9 Å². The summed E-state index contributed by atoms with van der Waals surface area (Å²) in [6.07, 6.45) is 0.285. The maximum Gasteiger partial charge on any atom is 0.407 e. The fourth-order valence-corrected chi connectivity index (χ4v) is 1.86. The summed E-state index contributed by atoms with van der Waals surface area (Å²) in [6.45, 7) is 5.46. The fraction of sp³-hybridized carbons (Fsp3) is 0.571. The number of aliphatic hydroxyl groups excluding tert-OH is 2. The predicted octanol–water partition coefficient (Wildman–Crippen LogP) is 2.04. The van der Waals surface area contributed by atoms with Crippen molar-refractivity contribution in [3.8, 4) is 0 Å². The molecule has 0 aliphatic heterocycles. The second-order valence-corrected chi connectivity index (χ2v) is 6.03. The highest BCUT2D eigenvalue weighted by molar-refractivity contribution is 6.31. The standard InChI is InChI=1S/C14H21ClN2O4/c1-14(2,3)21-13(20)17-7-5-11(18)12(19)9-4-6-16-8-10(9)15/h4,6,8,11-12,18-19H,5,7H2,1-3H3,(H,17,20). The lowest BCUT2D eigenvalue weighted by atomic mass is 10.0. The zero-order valence-electron chi connectivity index (χ0n) is 12.3. The second-order valence-electron chi connectivity index (χ2n) is 5.63. The zero-order chi connectivity index (χ0) is 16.0. The molecule has 1 aromatic rings. The van der Waals surface area contributed by atoms with Gasteiger partial charge in [-0.15, -0.1) is 0 Å². The van der Waals surface area contributed by atoms with E-state index >= 15 is 0 Å². The van der Waals surface area contributed by atoms with Crippen LogP contribution in [0.3, 0.4) is 0 Å². The predicted molar refractivity (Wildman–Crippen MR) is 79.1 cm³/mol. The van der Waals surface area contributed by atoms with Crippen LogP contribution in [0.4, 0.5) is 4.79 Å². The van der Waals surface area contributed by atoms with Crippen molar-refractivity contribution in [2.24, 2.45) is 0 Å². The topological polar surface area (TPSA) is 91.7 Å². The Hall–Kier alpha value is -1.37. The Morgan fingerprint density at radius 2 is 2.14 bits per heavy atom. The van der Waals surface area contributed by atoms with E-state index in [1.807, 2.05) is 0 Å². The summed E-state index contributed by atoms with van der Waals surface area (Å²) in [5.74, 6) is 0. The summed E-state index contributed by atoms with van der Waals surface area (Å²) in [7, 11) is 0. The van der Waals surface area contributed by atoms with Crippen molar-refractivity contribution in [1.29, 1.82) is 0 Å². The van der Waals surface area contributed by atoms with Crippen LogP contribution in [0, 0.1) is 0 Å². The number of rotatable bonds is 5. The lowest BCUT2D eigenvalue weighted by Crippen LogP contribution is -2.34. The number of nitrogens with zero attached hydrogens (tertiary/aromatic N) is 1. The molecule has 0 spiro atoms. The van der Waals surface area contributed by atoms with E-state index in [4.69, 9.17) is 16.3 Å². The van der Waals surface area contributed by atoms with Gasteiger partial charge in [-0.2, -0.15) is 0 Å². The minimum absolute atomic E-state index is 0.166. The van der Waals surface area contributed by atoms with Crippen LogP contribution >= 0.6 is 11.6 Å². The van der Waals surface area contributed by atoms with E-state index in [0.717, 1.165) is 0 Å². The first-order valence-electron chi connectivity index (χ1n) is 6.63. The molecule has 3 N–H and O–H groups in total. The summed E-state index contributed by atoms with van der Waals surface area (Å²) in [5.41, 5.74) is -0.177. The summed E-state index contributed by atoms with van der Waals surface area (Å²) in [6, 6.07) is 1.54. The number of amides is 1. The first kappa shape index (κ1) is 17.7. The molecule has 7 heteroatoms. The number of carbonyl (C=O) groups is 1. The van der Waals surface area contributed by atoms with Gasteiger partial charge in [0, 0.05) is 24.5 Å². The molecule has 2 atom stereocenters. The summed E-state index contributed by atoms with van der Waals surface area (Å²) in [5, 5.41) is 22.7. The number of carbonyl (C=O) groups excluding carboxylic acids is 1. The third kappa shape index (κ3) is 6.29. The smallest absolute Gasteiger partial charge is 0.407 e. The molecule has 0 radical (unpaired) electrons. The van der Waals surface area contributed by atoms with Crippen molar-refractivity contribution in [2.75, 3.05) is 6.54 Å². The molecule has 1 aromatic heterocycles. The molecular formula is C14H21ClN2O4. The number of aliphatic hydroxyl groups is 2. The van der Waals surface area contributed by atoms with Crippen LogP contribution in [0.1, 0.15) is 38.9 Å². The Balaban J connectivity index is 2.42. The molecule has 0 bridgehead atoms. The van der Waals surface area contributed by atoms with E-state index in [1.165, 1.54) is 18.5 Å². The van der Waals surface area contributed by atoms with Crippen molar-refractivity contribution >= 4 is 17.7 Å². The van der Waals surface area contributed by atoms with Crippen LogP contribution in [0.5, 0.6) is 0 Å². The quantitative estimate of drug-likeness (QED) is 0.773. The molecule has 0 aliphatic rings. The van der Waals surface area contributed by atoms with Crippen LogP contribution in [0.15, 0.2) is 18.5 Å². The molecule has 1 heterocycles. The molecule has 0 aliphatic carbocycles. The van der Waals surface area contributed by atoms with E-state index in [-0.39, 0.29) is 18.0 Å². The van der Waals surface area contributed by atoms with Crippen LogP contribution < -0.4 is 5.32 Å². The molecule has 0 fully saturated rings. The molecule has 118 valence electrons. The van der Waals surface area contributed by atoms with Gasteiger partial charge in [0.2, 0.25) is 0 Å². The average Bonchev–Trinajstić information content (AvgIpc) is 2.36. The summed E-state index contributed by atoms with van der Waals surface area (Å²) < 4.78 is 5.06. The van der Waals surface area contributed by atoms with Crippen LogP contribution in [-0.2, 0) is 4.74 Å². The molecule has 2 unspecified atom stereocenters. The van der Waals surface area contributed by atoms with Gasteiger partial charge in [-0.25, -0.2) is 4.79 Å². The number of aromatic nitrogens is 1. The van der Waals surface area contributed by atoms with Crippen molar-refractivity contribution in [2.45, 2.75) is 45.0 Å². The Morgan fingerprint density at radius 3 is 2.71 bits per heavy atom.